The van der Waals surface area contributed by atoms with Gasteiger partial charge >= 0.3 is 0 Å². The number of hydrogen-bond acceptors (Lipinski definition) is 2. The first-order valence-corrected chi connectivity index (χ1v) is 5.59. The van der Waals surface area contributed by atoms with Gasteiger partial charge in [-0.25, -0.2) is 0 Å². The van der Waals surface area contributed by atoms with Crippen molar-refractivity contribution in [1.82, 2.24) is 5.32 Å². The predicted octanol–water partition coefficient (Wildman–Crippen LogP) is 3.12. The molecule has 1 rings (SSSR count). The summed E-state index contributed by atoms with van der Waals surface area (Å²) in [7, 11) is 1.90. The van der Waals surface area contributed by atoms with Gasteiger partial charge in [-0.3, -0.25) is 0 Å². The van der Waals surface area contributed by atoms with Crippen LogP contribution in [0.1, 0.15) is 12.5 Å². The Morgan fingerprint density at radius 1 is 1.40 bits per heavy atom. The molecule has 2 nitrogen and oxygen atoms in total. The summed E-state index contributed by atoms with van der Waals surface area (Å²) in [6.07, 6.45) is 0.157. The van der Waals surface area contributed by atoms with E-state index in [0.717, 1.165) is 12.1 Å². The monoisotopic (exact) mass is 247 g/mol. The van der Waals surface area contributed by atoms with Crippen molar-refractivity contribution in [3.8, 4) is 0 Å². The second-order valence-corrected chi connectivity index (χ2v) is 4.18. The molecule has 0 amide bonds. The highest BCUT2D eigenvalue weighted by molar-refractivity contribution is 6.42. The van der Waals surface area contributed by atoms with Crippen LogP contribution in [0.25, 0.3) is 0 Å². The fourth-order valence-electron chi connectivity index (χ4n) is 1.24. The van der Waals surface area contributed by atoms with E-state index in [9.17, 15) is 0 Å². The van der Waals surface area contributed by atoms with E-state index >= 15 is 0 Å². The molecular weight excluding hydrogens is 233 g/mol. The van der Waals surface area contributed by atoms with Gasteiger partial charge in [0.1, 0.15) is 0 Å². The highest BCUT2D eigenvalue weighted by Crippen LogP contribution is 2.26. The van der Waals surface area contributed by atoms with Crippen molar-refractivity contribution in [1.29, 1.82) is 0 Å². The summed E-state index contributed by atoms with van der Waals surface area (Å²) in [4.78, 5) is 0. The van der Waals surface area contributed by atoms with Crippen LogP contribution >= 0.6 is 23.2 Å². The van der Waals surface area contributed by atoms with Crippen LogP contribution in [0.4, 0.5) is 0 Å². The molecule has 0 saturated carbocycles. The molecule has 1 unspecified atom stereocenters. The molecule has 84 valence electrons. The summed E-state index contributed by atoms with van der Waals surface area (Å²) in [5, 5.41) is 4.19. The summed E-state index contributed by atoms with van der Waals surface area (Å²) in [6, 6.07) is 5.56. The number of hydrogen-bond donors (Lipinski definition) is 1. The third-order valence-electron chi connectivity index (χ3n) is 2.05. The van der Waals surface area contributed by atoms with Crippen molar-refractivity contribution < 1.29 is 4.74 Å². The Morgan fingerprint density at radius 2 is 2.13 bits per heavy atom. The first-order chi connectivity index (χ1) is 7.15. The van der Waals surface area contributed by atoms with Gasteiger partial charge in [-0.05, 0) is 25.6 Å². The molecule has 0 aromatic heterocycles. The molecule has 1 N–H and O–H groups in total. The van der Waals surface area contributed by atoms with Crippen LogP contribution in [0.3, 0.4) is 0 Å². The minimum atomic E-state index is 0.157. The van der Waals surface area contributed by atoms with E-state index in [1.165, 1.54) is 0 Å². The van der Waals surface area contributed by atoms with Crippen LogP contribution in [-0.2, 0) is 11.3 Å². The van der Waals surface area contributed by atoms with E-state index in [2.05, 4.69) is 5.32 Å². The van der Waals surface area contributed by atoms with Crippen LogP contribution in [0.5, 0.6) is 0 Å². The lowest BCUT2D eigenvalue weighted by molar-refractivity contribution is 0.0545. The van der Waals surface area contributed by atoms with Gasteiger partial charge < -0.3 is 10.1 Å². The van der Waals surface area contributed by atoms with Gasteiger partial charge in [-0.15, -0.1) is 0 Å². The minimum Gasteiger partial charge on any atom is -0.372 e. The summed E-state index contributed by atoms with van der Waals surface area (Å²) in [5.41, 5.74) is 0.923. The number of nitrogens with one attached hydrogen (secondary N) is 1. The Labute approximate surface area is 101 Å². The first kappa shape index (κ1) is 12.8. The zero-order chi connectivity index (χ0) is 11.3. The topological polar surface area (TPSA) is 21.3 Å². The van der Waals surface area contributed by atoms with Gasteiger partial charge in [0.15, 0.2) is 0 Å². The number of rotatable bonds is 5. The molecule has 4 heteroatoms. The zero-order valence-corrected chi connectivity index (χ0v) is 10.4. The molecule has 0 aliphatic carbocycles. The Hall–Kier alpha value is -0.280. The Bertz CT molecular complexity index is 317. The maximum Gasteiger partial charge on any atom is 0.0736 e. The Balaban J connectivity index is 2.54. The van der Waals surface area contributed by atoms with Gasteiger partial charge in [0, 0.05) is 6.54 Å². The fourth-order valence-corrected chi connectivity index (χ4v) is 1.61. The molecule has 15 heavy (non-hydrogen) atoms. The fraction of sp³-hybridized carbons (Fsp3) is 0.455. The van der Waals surface area contributed by atoms with Crippen molar-refractivity contribution in [3.63, 3.8) is 0 Å². The zero-order valence-electron chi connectivity index (χ0n) is 8.89. The van der Waals surface area contributed by atoms with Crippen molar-refractivity contribution in [2.24, 2.45) is 0 Å². The molecule has 0 fully saturated rings. The van der Waals surface area contributed by atoms with E-state index in [0.29, 0.717) is 16.7 Å². The normalized spacial score (nSPS) is 12.8. The van der Waals surface area contributed by atoms with E-state index in [4.69, 9.17) is 27.9 Å². The predicted molar refractivity (Wildman–Crippen MR) is 64.6 cm³/mol. The highest BCUT2D eigenvalue weighted by atomic mass is 35.5. The molecule has 0 bridgehead atoms. The van der Waals surface area contributed by atoms with Crippen LogP contribution in [0, 0.1) is 0 Å². The summed E-state index contributed by atoms with van der Waals surface area (Å²) in [5.74, 6) is 0. The average molecular weight is 248 g/mol. The summed E-state index contributed by atoms with van der Waals surface area (Å²) < 4.78 is 5.60. The van der Waals surface area contributed by atoms with Gasteiger partial charge in [0.05, 0.1) is 22.8 Å². The number of likely N-dealkylation sites (N-methyl/N-ethyl adjacent to an activating group) is 1. The minimum absolute atomic E-state index is 0.157. The molecule has 0 aliphatic heterocycles. The van der Waals surface area contributed by atoms with Gasteiger partial charge in [0.2, 0.25) is 0 Å². The maximum absolute atomic E-state index is 6.03. The number of benzene rings is 1. The molecule has 0 aliphatic rings. The van der Waals surface area contributed by atoms with Crippen LogP contribution < -0.4 is 5.32 Å². The molecule has 1 aromatic rings. The molecule has 1 atom stereocenters. The number of ether oxygens (including phenoxy) is 1. The van der Waals surface area contributed by atoms with Crippen molar-refractivity contribution in [3.05, 3.63) is 33.8 Å². The third kappa shape index (κ3) is 3.99. The van der Waals surface area contributed by atoms with Gasteiger partial charge in [0.25, 0.3) is 0 Å². The highest BCUT2D eigenvalue weighted by Gasteiger charge is 2.06. The van der Waals surface area contributed by atoms with Crippen molar-refractivity contribution in [2.75, 3.05) is 13.6 Å². The molecule has 0 spiro atoms. The Morgan fingerprint density at radius 3 is 2.80 bits per heavy atom. The van der Waals surface area contributed by atoms with Crippen molar-refractivity contribution in [2.45, 2.75) is 19.6 Å². The first-order valence-electron chi connectivity index (χ1n) is 4.84. The largest absolute Gasteiger partial charge is 0.372 e. The lowest BCUT2D eigenvalue weighted by atomic mass is 10.2. The second kappa shape index (κ2) is 6.33. The van der Waals surface area contributed by atoms with Crippen LogP contribution in [-0.4, -0.2) is 19.7 Å². The van der Waals surface area contributed by atoms with Gasteiger partial charge in [-0.2, -0.15) is 0 Å². The standard InChI is InChI=1S/C11H15Cl2NO/c1-8(6-14-2)15-7-9-4-3-5-10(12)11(9)13/h3-5,8,14H,6-7H2,1-2H3. The summed E-state index contributed by atoms with van der Waals surface area (Å²) in [6.45, 7) is 3.31. The molecule has 0 saturated heterocycles. The maximum atomic E-state index is 6.03. The lowest BCUT2D eigenvalue weighted by Crippen LogP contribution is -2.23. The molecule has 1 aromatic carbocycles. The van der Waals surface area contributed by atoms with E-state index < -0.39 is 0 Å². The Kier molecular flexibility index (Phi) is 5.40. The van der Waals surface area contributed by atoms with E-state index in [1.807, 2.05) is 26.1 Å². The quantitative estimate of drug-likeness (QED) is 0.864. The SMILES string of the molecule is CNCC(C)OCc1cccc(Cl)c1Cl. The second-order valence-electron chi connectivity index (χ2n) is 3.39. The third-order valence-corrected chi connectivity index (χ3v) is 2.90. The van der Waals surface area contributed by atoms with E-state index in [1.54, 1.807) is 6.07 Å². The van der Waals surface area contributed by atoms with Crippen LogP contribution in [0.15, 0.2) is 18.2 Å². The number of halogens is 2. The molecular formula is C11H15Cl2NO. The molecule has 0 radical (unpaired) electrons. The lowest BCUT2D eigenvalue weighted by Gasteiger charge is -2.13. The van der Waals surface area contributed by atoms with Crippen LogP contribution in [0.2, 0.25) is 10.0 Å². The van der Waals surface area contributed by atoms with Crippen molar-refractivity contribution >= 4 is 23.2 Å². The average Bonchev–Trinajstić information content (AvgIpc) is 2.21. The smallest absolute Gasteiger partial charge is 0.0736 e. The van der Waals surface area contributed by atoms with Gasteiger partial charge in [-0.1, -0.05) is 35.3 Å². The van der Waals surface area contributed by atoms with E-state index in [-0.39, 0.29) is 6.10 Å². The summed E-state index contributed by atoms with van der Waals surface area (Å²) >= 11 is 11.9. The molecule has 0 heterocycles.